The minimum absolute atomic E-state index is 0.216. The summed E-state index contributed by atoms with van der Waals surface area (Å²) < 4.78 is 18.4. The average molecular weight is 362 g/mol. The highest BCUT2D eigenvalue weighted by Gasteiger charge is 2.34. The lowest BCUT2D eigenvalue weighted by Crippen LogP contribution is -2.42. The van der Waals surface area contributed by atoms with Gasteiger partial charge in [0.15, 0.2) is 5.75 Å². The lowest BCUT2D eigenvalue weighted by atomic mass is 9.86. The van der Waals surface area contributed by atoms with E-state index in [-0.39, 0.29) is 17.7 Å². The van der Waals surface area contributed by atoms with Crippen molar-refractivity contribution in [1.29, 1.82) is 0 Å². The molecule has 0 radical (unpaired) electrons. The van der Waals surface area contributed by atoms with E-state index in [9.17, 15) is 14.4 Å². The SMILES string of the molecule is CC(C)(C)OC(=O)C1CCC2=C(C=CN(Oc3ccc(F)cc3)N2O)C1. The fourth-order valence-corrected chi connectivity index (χ4v) is 2.94. The van der Waals surface area contributed by atoms with Crippen LogP contribution in [0.25, 0.3) is 0 Å². The van der Waals surface area contributed by atoms with Crippen LogP contribution < -0.4 is 4.84 Å². The molecule has 1 aromatic carbocycles. The molecule has 0 amide bonds. The lowest BCUT2D eigenvalue weighted by molar-refractivity contribution is -0.307. The van der Waals surface area contributed by atoms with Crippen LogP contribution in [-0.2, 0) is 9.53 Å². The second kappa shape index (κ2) is 6.99. The fourth-order valence-electron chi connectivity index (χ4n) is 2.94. The van der Waals surface area contributed by atoms with E-state index in [2.05, 4.69) is 0 Å². The third kappa shape index (κ3) is 4.16. The molecule has 1 unspecified atom stereocenters. The van der Waals surface area contributed by atoms with Gasteiger partial charge in [-0.15, -0.1) is 5.17 Å². The molecule has 0 saturated heterocycles. The van der Waals surface area contributed by atoms with Crippen LogP contribution in [0.1, 0.15) is 40.0 Å². The molecule has 0 bridgehead atoms. The van der Waals surface area contributed by atoms with Crippen LogP contribution in [0.2, 0.25) is 0 Å². The zero-order valence-electron chi connectivity index (χ0n) is 15.1. The fraction of sp³-hybridized carbons (Fsp3) is 0.421. The Bertz CT molecular complexity index is 737. The Morgan fingerprint density at radius 3 is 2.62 bits per heavy atom. The molecule has 140 valence electrons. The molecule has 2 aliphatic rings. The second-order valence-electron chi connectivity index (χ2n) is 7.40. The van der Waals surface area contributed by atoms with Gasteiger partial charge in [-0.25, -0.2) is 4.39 Å². The van der Waals surface area contributed by atoms with E-state index in [1.54, 1.807) is 6.20 Å². The summed E-state index contributed by atoms with van der Waals surface area (Å²) >= 11 is 0. The van der Waals surface area contributed by atoms with Gasteiger partial charge in [-0.3, -0.25) is 10.0 Å². The maximum atomic E-state index is 13.0. The Kier molecular flexibility index (Phi) is 4.91. The summed E-state index contributed by atoms with van der Waals surface area (Å²) in [6, 6.07) is 5.50. The molecule has 0 spiro atoms. The first-order chi connectivity index (χ1) is 12.2. The normalized spacial score (nSPS) is 20.1. The van der Waals surface area contributed by atoms with Crippen molar-refractivity contribution in [2.75, 3.05) is 0 Å². The first-order valence-electron chi connectivity index (χ1n) is 8.58. The van der Waals surface area contributed by atoms with Crippen molar-refractivity contribution in [3.63, 3.8) is 0 Å². The Balaban J connectivity index is 1.66. The van der Waals surface area contributed by atoms with Crippen molar-refractivity contribution in [3.8, 4) is 5.75 Å². The maximum Gasteiger partial charge on any atom is 0.309 e. The first kappa shape index (κ1) is 18.3. The van der Waals surface area contributed by atoms with Crippen LogP contribution in [0, 0.1) is 11.7 Å². The van der Waals surface area contributed by atoms with E-state index in [0.717, 1.165) is 10.7 Å². The number of carbonyl (C=O) groups excluding carboxylic acids is 1. The molecule has 1 N–H and O–H groups in total. The van der Waals surface area contributed by atoms with E-state index >= 15 is 0 Å². The maximum absolute atomic E-state index is 13.0. The standard InChI is InChI=1S/C19H23FN2O4/c1-19(2,3)25-18(23)14-4-9-17-13(12-14)10-11-21(22(17)24)26-16-7-5-15(20)6-8-16/h5-8,10-11,14,24H,4,9,12H2,1-3H3. The number of ether oxygens (including phenoxy) is 1. The average Bonchev–Trinajstić information content (AvgIpc) is 2.57. The number of hydrogen-bond donors (Lipinski definition) is 1. The zero-order chi connectivity index (χ0) is 18.9. The number of esters is 1. The summed E-state index contributed by atoms with van der Waals surface area (Å²) in [6.07, 6.45) is 4.97. The van der Waals surface area contributed by atoms with Gasteiger partial charge in [-0.2, -0.15) is 0 Å². The minimum Gasteiger partial charge on any atom is -0.460 e. The van der Waals surface area contributed by atoms with Crippen molar-refractivity contribution in [2.45, 2.75) is 45.6 Å². The van der Waals surface area contributed by atoms with Crippen LogP contribution in [0.4, 0.5) is 4.39 Å². The first-order valence-corrected chi connectivity index (χ1v) is 8.58. The number of hydroxylamine groups is 2. The number of nitrogens with zero attached hydrogens (tertiary/aromatic N) is 2. The molecule has 1 heterocycles. The van der Waals surface area contributed by atoms with Crippen LogP contribution in [0.5, 0.6) is 5.75 Å². The summed E-state index contributed by atoms with van der Waals surface area (Å²) in [5.41, 5.74) is 1.03. The third-order valence-corrected chi connectivity index (χ3v) is 4.15. The Morgan fingerprint density at radius 1 is 1.27 bits per heavy atom. The zero-order valence-corrected chi connectivity index (χ0v) is 15.1. The molecule has 1 aliphatic heterocycles. The minimum atomic E-state index is -0.517. The highest BCUT2D eigenvalue weighted by Crippen LogP contribution is 2.36. The van der Waals surface area contributed by atoms with Crippen LogP contribution in [0.3, 0.4) is 0 Å². The molecule has 1 aliphatic carbocycles. The van der Waals surface area contributed by atoms with Gasteiger partial charge in [0.1, 0.15) is 11.4 Å². The van der Waals surface area contributed by atoms with Gasteiger partial charge in [0.2, 0.25) is 0 Å². The highest BCUT2D eigenvalue weighted by atomic mass is 19.1. The van der Waals surface area contributed by atoms with Gasteiger partial charge in [0.05, 0.1) is 17.8 Å². The van der Waals surface area contributed by atoms with E-state index in [4.69, 9.17) is 9.57 Å². The van der Waals surface area contributed by atoms with Gasteiger partial charge >= 0.3 is 5.97 Å². The molecule has 6 nitrogen and oxygen atoms in total. The number of carbonyl (C=O) groups is 1. The molecule has 7 heteroatoms. The third-order valence-electron chi connectivity index (χ3n) is 4.15. The Morgan fingerprint density at radius 2 is 1.96 bits per heavy atom. The molecule has 0 fully saturated rings. The lowest BCUT2D eigenvalue weighted by Gasteiger charge is -2.37. The summed E-state index contributed by atoms with van der Waals surface area (Å²) in [5, 5.41) is 12.5. The summed E-state index contributed by atoms with van der Waals surface area (Å²) in [6.45, 7) is 5.54. The molecular weight excluding hydrogens is 339 g/mol. The Hall–Kier alpha value is -2.54. The van der Waals surface area contributed by atoms with Crippen molar-refractivity contribution >= 4 is 5.97 Å². The molecule has 0 saturated carbocycles. The molecule has 26 heavy (non-hydrogen) atoms. The van der Waals surface area contributed by atoms with Crippen molar-refractivity contribution in [1.82, 2.24) is 10.3 Å². The van der Waals surface area contributed by atoms with Crippen LogP contribution in [0.15, 0.2) is 47.8 Å². The predicted octanol–water partition coefficient (Wildman–Crippen LogP) is 3.95. The monoisotopic (exact) mass is 362 g/mol. The molecule has 0 aromatic heterocycles. The smallest absolute Gasteiger partial charge is 0.309 e. The quantitative estimate of drug-likeness (QED) is 0.822. The highest BCUT2D eigenvalue weighted by molar-refractivity contribution is 5.73. The van der Waals surface area contributed by atoms with Crippen LogP contribution in [-0.4, -0.2) is 27.1 Å². The predicted molar refractivity (Wildman–Crippen MR) is 91.8 cm³/mol. The molecule has 3 rings (SSSR count). The number of benzene rings is 1. The van der Waals surface area contributed by atoms with Gasteiger partial charge in [0.25, 0.3) is 0 Å². The largest absolute Gasteiger partial charge is 0.460 e. The van der Waals surface area contributed by atoms with Gasteiger partial charge < -0.3 is 9.57 Å². The number of halogens is 1. The number of allylic oxidation sites excluding steroid dienone is 3. The van der Waals surface area contributed by atoms with E-state index in [1.807, 2.05) is 26.8 Å². The van der Waals surface area contributed by atoms with E-state index in [0.29, 0.717) is 30.7 Å². The van der Waals surface area contributed by atoms with Gasteiger partial charge in [-0.05, 0) is 75.9 Å². The van der Waals surface area contributed by atoms with Crippen LogP contribution >= 0.6 is 0 Å². The van der Waals surface area contributed by atoms with Crippen molar-refractivity contribution in [2.24, 2.45) is 5.92 Å². The van der Waals surface area contributed by atoms with Crippen molar-refractivity contribution in [3.05, 3.63) is 53.6 Å². The second-order valence-corrected chi connectivity index (χ2v) is 7.40. The van der Waals surface area contributed by atoms with E-state index < -0.39 is 5.60 Å². The number of rotatable bonds is 3. The summed E-state index contributed by atoms with van der Waals surface area (Å²) in [4.78, 5) is 17.8. The molecular formula is C19H23FN2O4. The molecule has 1 aromatic rings. The van der Waals surface area contributed by atoms with Gasteiger partial charge in [0, 0.05) is 0 Å². The van der Waals surface area contributed by atoms with Crippen molar-refractivity contribution < 1.29 is 24.0 Å². The number of hydrazine groups is 1. The molecule has 1 atom stereocenters. The summed E-state index contributed by atoms with van der Waals surface area (Å²) in [5.74, 6) is -0.415. The van der Waals surface area contributed by atoms with E-state index in [1.165, 1.54) is 29.4 Å². The summed E-state index contributed by atoms with van der Waals surface area (Å²) in [7, 11) is 0. The number of hydrogen-bond acceptors (Lipinski definition) is 6. The van der Waals surface area contributed by atoms with Gasteiger partial charge in [-0.1, -0.05) is 5.17 Å². The topological polar surface area (TPSA) is 62.2 Å². The Labute approximate surface area is 152 Å².